The van der Waals surface area contributed by atoms with Crippen LogP contribution in [0.25, 0.3) is 11.0 Å². The molecule has 142 valence electrons. The lowest BCUT2D eigenvalue weighted by Crippen LogP contribution is -2.41. The molecule has 0 amide bonds. The molecule has 2 aliphatic heterocycles. The van der Waals surface area contributed by atoms with Crippen LogP contribution >= 0.6 is 0 Å². The molecular formula is C16H23N5O4S. The second kappa shape index (κ2) is 6.75. The smallest absolute Gasteiger partial charge is 0.248 e. The third-order valence-corrected chi connectivity index (χ3v) is 5.57. The highest BCUT2D eigenvalue weighted by Crippen LogP contribution is 2.31. The van der Waals surface area contributed by atoms with Crippen LogP contribution in [0.5, 0.6) is 0 Å². The lowest BCUT2D eigenvalue weighted by Gasteiger charge is -2.31. The Kier molecular flexibility index (Phi) is 4.57. The van der Waals surface area contributed by atoms with Gasteiger partial charge in [0.15, 0.2) is 17.7 Å². The monoisotopic (exact) mass is 381 g/mol. The molecule has 26 heavy (non-hydrogen) atoms. The van der Waals surface area contributed by atoms with E-state index in [1.54, 1.807) is 10.9 Å². The average molecular weight is 381 g/mol. The lowest BCUT2D eigenvalue weighted by molar-refractivity contribution is -0.0370. The molecule has 4 heterocycles. The number of sulfone groups is 1. The molecule has 0 aromatic carbocycles. The van der Waals surface area contributed by atoms with E-state index in [-0.39, 0.29) is 17.5 Å². The Morgan fingerprint density at radius 3 is 2.77 bits per heavy atom. The molecule has 2 aliphatic rings. The second-order valence-electron chi connectivity index (χ2n) is 6.88. The number of hydrogen-bond acceptors (Lipinski definition) is 8. The van der Waals surface area contributed by atoms with Crippen molar-refractivity contribution < 1.29 is 17.9 Å². The molecule has 2 unspecified atom stereocenters. The van der Waals surface area contributed by atoms with Gasteiger partial charge in [0.05, 0.1) is 18.1 Å². The van der Waals surface area contributed by atoms with E-state index in [0.717, 1.165) is 43.3 Å². The van der Waals surface area contributed by atoms with Crippen LogP contribution in [0.1, 0.15) is 32.4 Å². The summed E-state index contributed by atoms with van der Waals surface area (Å²) in [6, 6.07) is 0. The molecule has 0 N–H and O–H groups in total. The Hall–Kier alpha value is -1.78. The van der Waals surface area contributed by atoms with Gasteiger partial charge in [-0.2, -0.15) is 4.98 Å². The summed E-state index contributed by atoms with van der Waals surface area (Å²) in [6.07, 6.45) is 5.42. The van der Waals surface area contributed by atoms with Crippen molar-refractivity contribution in [1.82, 2.24) is 19.7 Å². The molecule has 0 aliphatic carbocycles. The first-order valence-electron chi connectivity index (χ1n) is 8.87. The molecule has 9 nitrogen and oxygen atoms in total. The van der Waals surface area contributed by atoms with E-state index in [2.05, 4.69) is 14.9 Å². The predicted octanol–water partition coefficient (Wildman–Crippen LogP) is 1.15. The van der Waals surface area contributed by atoms with Crippen molar-refractivity contribution in [3.05, 3.63) is 6.20 Å². The highest BCUT2D eigenvalue weighted by atomic mass is 32.2. The molecule has 10 heteroatoms. The molecular weight excluding hydrogens is 358 g/mol. The van der Waals surface area contributed by atoms with E-state index in [0.29, 0.717) is 25.4 Å². The SMILES string of the molecule is CC1CN(c2nn(C3CCCCO3)c3nc(S(C)(=O)=O)ncc23)CCO1. The van der Waals surface area contributed by atoms with Gasteiger partial charge in [0, 0.05) is 32.1 Å². The summed E-state index contributed by atoms with van der Waals surface area (Å²) in [6.45, 7) is 4.74. The molecule has 4 rings (SSSR count). The largest absolute Gasteiger partial charge is 0.375 e. The zero-order chi connectivity index (χ0) is 18.3. The van der Waals surface area contributed by atoms with Gasteiger partial charge in [-0.15, -0.1) is 5.10 Å². The maximum absolute atomic E-state index is 11.9. The first-order chi connectivity index (χ1) is 12.4. The average Bonchev–Trinajstić information content (AvgIpc) is 3.00. The minimum atomic E-state index is -3.50. The fourth-order valence-corrected chi connectivity index (χ4v) is 3.93. The highest BCUT2D eigenvalue weighted by molar-refractivity contribution is 7.90. The summed E-state index contributed by atoms with van der Waals surface area (Å²) in [7, 11) is -3.50. The van der Waals surface area contributed by atoms with Gasteiger partial charge in [-0.05, 0) is 26.2 Å². The van der Waals surface area contributed by atoms with Gasteiger partial charge >= 0.3 is 0 Å². The highest BCUT2D eigenvalue weighted by Gasteiger charge is 2.28. The molecule has 0 saturated carbocycles. The molecule has 2 fully saturated rings. The van der Waals surface area contributed by atoms with Crippen LogP contribution in [-0.2, 0) is 19.3 Å². The normalized spacial score (nSPS) is 24.9. The number of morpholine rings is 1. The van der Waals surface area contributed by atoms with E-state index >= 15 is 0 Å². The Morgan fingerprint density at radius 1 is 1.23 bits per heavy atom. The number of rotatable bonds is 3. The maximum Gasteiger partial charge on any atom is 0.248 e. The van der Waals surface area contributed by atoms with Gasteiger partial charge in [0.1, 0.15) is 0 Å². The van der Waals surface area contributed by atoms with Crippen LogP contribution in [0.2, 0.25) is 0 Å². The van der Waals surface area contributed by atoms with E-state index < -0.39 is 9.84 Å². The van der Waals surface area contributed by atoms with Crippen LogP contribution in [0.15, 0.2) is 11.4 Å². The first-order valence-corrected chi connectivity index (χ1v) is 10.8. The van der Waals surface area contributed by atoms with Crippen molar-refractivity contribution in [1.29, 1.82) is 0 Å². The molecule has 0 bridgehead atoms. The van der Waals surface area contributed by atoms with Gasteiger partial charge in [-0.3, -0.25) is 0 Å². The van der Waals surface area contributed by atoms with E-state index in [9.17, 15) is 8.42 Å². The quantitative estimate of drug-likeness (QED) is 0.730. The molecule has 0 radical (unpaired) electrons. The predicted molar refractivity (Wildman–Crippen MR) is 94.9 cm³/mol. The third kappa shape index (κ3) is 3.28. The second-order valence-corrected chi connectivity index (χ2v) is 8.79. The standard InChI is InChI=1S/C16H23N5O4S/c1-11-10-20(6-8-24-11)15-12-9-17-16(26(2,22)23)18-14(12)21(19-15)13-5-3-4-7-25-13/h9,11,13H,3-8,10H2,1-2H3. The van der Waals surface area contributed by atoms with Crippen molar-refractivity contribution in [3.63, 3.8) is 0 Å². The summed E-state index contributed by atoms with van der Waals surface area (Å²) >= 11 is 0. The van der Waals surface area contributed by atoms with Gasteiger partial charge < -0.3 is 14.4 Å². The van der Waals surface area contributed by atoms with Crippen LogP contribution in [-0.4, -0.2) is 66.8 Å². The van der Waals surface area contributed by atoms with Crippen LogP contribution in [0, 0.1) is 0 Å². The van der Waals surface area contributed by atoms with Gasteiger partial charge in [-0.1, -0.05) is 0 Å². The van der Waals surface area contributed by atoms with Crippen LogP contribution in [0.4, 0.5) is 5.82 Å². The van der Waals surface area contributed by atoms with Gasteiger partial charge in [0.25, 0.3) is 0 Å². The van der Waals surface area contributed by atoms with Gasteiger partial charge in [-0.25, -0.2) is 18.1 Å². The van der Waals surface area contributed by atoms with E-state index in [1.165, 1.54) is 0 Å². The molecule has 0 spiro atoms. The number of nitrogens with zero attached hydrogens (tertiary/aromatic N) is 5. The summed E-state index contributed by atoms with van der Waals surface area (Å²) in [5.41, 5.74) is 0.501. The van der Waals surface area contributed by atoms with Crippen molar-refractivity contribution in [2.45, 2.75) is 43.7 Å². The minimum Gasteiger partial charge on any atom is -0.375 e. The van der Waals surface area contributed by atoms with Crippen molar-refractivity contribution >= 4 is 26.7 Å². The van der Waals surface area contributed by atoms with Crippen LogP contribution < -0.4 is 4.90 Å². The topological polar surface area (TPSA) is 99.4 Å². The van der Waals surface area contributed by atoms with Crippen LogP contribution in [0.3, 0.4) is 0 Å². The van der Waals surface area contributed by atoms with Crippen molar-refractivity contribution in [2.24, 2.45) is 0 Å². The summed E-state index contributed by atoms with van der Waals surface area (Å²) in [5, 5.41) is 5.30. The number of hydrogen-bond donors (Lipinski definition) is 0. The molecule has 2 atom stereocenters. The van der Waals surface area contributed by atoms with E-state index in [4.69, 9.17) is 14.6 Å². The number of anilines is 1. The summed E-state index contributed by atoms with van der Waals surface area (Å²) in [4.78, 5) is 10.5. The minimum absolute atomic E-state index is 0.103. The number of aromatic nitrogens is 4. The van der Waals surface area contributed by atoms with E-state index in [1.807, 2.05) is 6.92 Å². The maximum atomic E-state index is 11.9. The fraction of sp³-hybridized carbons (Fsp3) is 0.688. The zero-order valence-corrected chi connectivity index (χ0v) is 15.8. The number of ether oxygens (including phenoxy) is 2. The number of fused-ring (bicyclic) bond motifs is 1. The summed E-state index contributed by atoms with van der Waals surface area (Å²) < 4.78 is 37.0. The zero-order valence-electron chi connectivity index (χ0n) is 15.0. The first kappa shape index (κ1) is 17.6. The molecule has 2 saturated heterocycles. The fourth-order valence-electron chi connectivity index (χ4n) is 3.43. The van der Waals surface area contributed by atoms with Gasteiger partial charge in [0.2, 0.25) is 15.0 Å². The molecule has 2 aromatic heterocycles. The Bertz CT molecular complexity index is 907. The summed E-state index contributed by atoms with van der Waals surface area (Å²) in [5.74, 6) is 0.754. The lowest BCUT2D eigenvalue weighted by atomic mass is 10.2. The Labute approximate surface area is 152 Å². The van der Waals surface area contributed by atoms with Crippen molar-refractivity contribution in [2.75, 3.05) is 37.5 Å². The van der Waals surface area contributed by atoms with Crippen molar-refractivity contribution in [3.8, 4) is 0 Å². The Morgan fingerprint density at radius 2 is 2.08 bits per heavy atom. The Balaban J connectivity index is 1.84. The molecule has 2 aromatic rings. The third-order valence-electron chi connectivity index (χ3n) is 4.71.